The summed E-state index contributed by atoms with van der Waals surface area (Å²) in [5.41, 5.74) is 1.21. The van der Waals surface area contributed by atoms with Crippen LogP contribution in [0.4, 0.5) is 5.82 Å². The lowest BCUT2D eigenvalue weighted by Gasteiger charge is -2.33. The van der Waals surface area contributed by atoms with Gasteiger partial charge in [-0.15, -0.1) is 0 Å². The second-order valence-corrected chi connectivity index (χ2v) is 6.92. The molecule has 1 amide bonds. The van der Waals surface area contributed by atoms with Crippen LogP contribution in [0.25, 0.3) is 0 Å². The molecule has 0 bridgehead atoms. The summed E-state index contributed by atoms with van der Waals surface area (Å²) in [6, 6.07) is 2.12. The summed E-state index contributed by atoms with van der Waals surface area (Å²) in [7, 11) is 3.80. The highest BCUT2D eigenvalue weighted by Crippen LogP contribution is 2.23. The minimum absolute atomic E-state index is 0.102. The third-order valence-corrected chi connectivity index (χ3v) is 5.14. The van der Waals surface area contributed by atoms with Crippen LogP contribution in [0, 0.1) is 12.8 Å². The van der Waals surface area contributed by atoms with Crippen LogP contribution in [-0.4, -0.2) is 56.1 Å². The zero-order chi connectivity index (χ0) is 16.1. The van der Waals surface area contributed by atoms with E-state index in [-0.39, 0.29) is 5.91 Å². The predicted molar refractivity (Wildman–Crippen MR) is 93.2 cm³/mol. The van der Waals surface area contributed by atoms with Crippen LogP contribution in [0.15, 0.2) is 16.7 Å². The van der Waals surface area contributed by atoms with E-state index in [2.05, 4.69) is 56.1 Å². The molecule has 1 aromatic rings. The molecule has 6 heteroatoms. The summed E-state index contributed by atoms with van der Waals surface area (Å²) < 4.78 is 1.05. The molecule has 2 heterocycles. The summed E-state index contributed by atoms with van der Waals surface area (Å²) in [5.74, 6) is 1.79. The van der Waals surface area contributed by atoms with Crippen molar-refractivity contribution >= 4 is 27.7 Å². The van der Waals surface area contributed by atoms with Crippen LogP contribution in [-0.2, 0) is 4.79 Å². The van der Waals surface area contributed by atoms with E-state index in [4.69, 9.17) is 0 Å². The molecule has 1 N–H and O–H groups in total. The highest BCUT2D eigenvalue weighted by atomic mass is 79.9. The van der Waals surface area contributed by atoms with Gasteiger partial charge in [0.25, 0.3) is 0 Å². The Balaban J connectivity index is 1.82. The number of anilines is 1. The molecule has 22 heavy (non-hydrogen) atoms. The molecule has 1 saturated heterocycles. The van der Waals surface area contributed by atoms with Crippen molar-refractivity contribution in [2.24, 2.45) is 5.92 Å². The summed E-state index contributed by atoms with van der Waals surface area (Å²) in [4.78, 5) is 20.4. The van der Waals surface area contributed by atoms with Gasteiger partial charge in [-0.25, -0.2) is 4.98 Å². The number of nitrogens with one attached hydrogen (secondary N) is 1. The van der Waals surface area contributed by atoms with Gasteiger partial charge in [0, 0.05) is 31.3 Å². The van der Waals surface area contributed by atoms with Crippen LogP contribution in [0.1, 0.15) is 18.4 Å². The lowest BCUT2D eigenvalue weighted by molar-refractivity contribution is -0.122. The fraction of sp³-hybridized carbons (Fsp3) is 0.625. The molecule has 0 aliphatic carbocycles. The molecular weight excluding hydrogens is 344 g/mol. The number of likely N-dealkylation sites (N-methyl/N-ethyl adjacent to an activating group) is 1. The number of hydrogen-bond donors (Lipinski definition) is 1. The highest BCUT2D eigenvalue weighted by Gasteiger charge is 2.22. The number of nitrogens with zero attached hydrogens (tertiary/aromatic N) is 3. The van der Waals surface area contributed by atoms with Crippen molar-refractivity contribution in [2.75, 3.05) is 45.2 Å². The quantitative estimate of drug-likeness (QED) is 0.863. The molecule has 0 radical (unpaired) electrons. The summed E-state index contributed by atoms with van der Waals surface area (Å²) in [5, 5.41) is 2.69. The monoisotopic (exact) mass is 368 g/mol. The van der Waals surface area contributed by atoms with E-state index in [0.717, 1.165) is 42.8 Å². The zero-order valence-corrected chi connectivity index (χ0v) is 15.2. The summed E-state index contributed by atoms with van der Waals surface area (Å²) >= 11 is 3.49. The number of halogens is 1. The van der Waals surface area contributed by atoms with Gasteiger partial charge < -0.3 is 10.2 Å². The molecule has 0 atom stereocenters. The Hall–Kier alpha value is -1.14. The average Bonchev–Trinajstić information content (AvgIpc) is 2.51. The van der Waals surface area contributed by atoms with Gasteiger partial charge in [-0.1, -0.05) is 0 Å². The predicted octanol–water partition coefficient (Wildman–Crippen LogP) is 2.05. The van der Waals surface area contributed by atoms with Gasteiger partial charge in [0.2, 0.25) is 5.91 Å². The first-order valence-corrected chi connectivity index (χ1v) is 8.55. The van der Waals surface area contributed by atoms with Crippen molar-refractivity contribution in [2.45, 2.75) is 19.8 Å². The van der Waals surface area contributed by atoms with Crippen molar-refractivity contribution in [3.05, 3.63) is 22.3 Å². The number of carbonyl (C=O) groups is 1. The largest absolute Gasteiger partial charge is 0.359 e. The second kappa shape index (κ2) is 7.92. The van der Waals surface area contributed by atoms with Gasteiger partial charge in [-0.3, -0.25) is 9.69 Å². The van der Waals surface area contributed by atoms with Gasteiger partial charge in [-0.2, -0.15) is 0 Å². The van der Waals surface area contributed by atoms with E-state index in [0.29, 0.717) is 12.5 Å². The Morgan fingerprint density at radius 3 is 2.77 bits per heavy atom. The maximum absolute atomic E-state index is 11.4. The molecule has 1 aliphatic rings. The van der Waals surface area contributed by atoms with Crippen LogP contribution < -0.4 is 10.2 Å². The van der Waals surface area contributed by atoms with Gasteiger partial charge >= 0.3 is 0 Å². The number of rotatable bonds is 5. The highest BCUT2D eigenvalue weighted by molar-refractivity contribution is 9.10. The second-order valence-electron chi connectivity index (χ2n) is 6.06. The third-order valence-electron chi connectivity index (χ3n) is 4.31. The summed E-state index contributed by atoms with van der Waals surface area (Å²) in [6.07, 6.45) is 4.14. The van der Waals surface area contributed by atoms with Gasteiger partial charge in [-0.05, 0) is 66.3 Å². The lowest BCUT2D eigenvalue weighted by Crippen LogP contribution is -2.42. The average molecular weight is 369 g/mol. The zero-order valence-electron chi connectivity index (χ0n) is 13.6. The lowest BCUT2D eigenvalue weighted by atomic mass is 9.96. The van der Waals surface area contributed by atoms with Crippen molar-refractivity contribution in [1.82, 2.24) is 15.2 Å². The minimum Gasteiger partial charge on any atom is -0.359 e. The molecule has 0 unspecified atom stereocenters. The molecule has 1 aliphatic heterocycles. The number of piperidine rings is 1. The first kappa shape index (κ1) is 17.2. The normalized spacial score (nSPS) is 16.5. The Bertz CT molecular complexity index is 515. The third kappa shape index (κ3) is 4.68. The molecular formula is C16H25BrN4O. The molecule has 0 saturated carbocycles. The molecule has 1 aromatic heterocycles. The number of carbonyl (C=O) groups excluding carboxylic acids is 1. The van der Waals surface area contributed by atoms with Crippen LogP contribution in [0.3, 0.4) is 0 Å². The molecule has 122 valence electrons. The first-order valence-electron chi connectivity index (χ1n) is 7.75. The molecule has 2 rings (SSSR count). The van der Waals surface area contributed by atoms with Gasteiger partial charge in [0.15, 0.2) is 0 Å². The Labute approximate surface area is 141 Å². The number of pyridine rings is 1. The van der Waals surface area contributed by atoms with Crippen molar-refractivity contribution in [3.8, 4) is 0 Å². The topological polar surface area (TPSA) is 48.5 Å². The van der Waals surface area contributed by atoms with Crippen LogP contribution >= 0.6 is 15.9 Å². The Kier molecular flexibility index (Phi) is 6.20. The number of amides is 1. The van der Waals surface area contributed by atoms with Crippen LogP contribution in [0.2, 0.25) is 0 Å². The van der Waals surface area contributed by atoms with E-state index in [1.54, 1.807) is 7.05 Å². The van der Waals surface area contributed by atoms with E-state index >= 15 is 0 Å². The maximum atomic E-state index is 11.4. The summed E-state index contributed by atoms with van der Waals surface area (Å²) in [6.45, 7) is 5.62. The smallest absolute Gasteiger partial charge is 0.233 e. The fourth-order valence-corrected chi connectivity index (χ4v) is 3.04. The van der Waals surface area contributed by atoms with Crippen molar-refractivity contribution < 1.29 is 4.79 Å². The Morgan fingerprint density at radius 2 is 2.18 bits per heavy atom. The molecule has 5 nitrogen and oxygen atoms in total. The number of aromatic nitrogens is 1. The van der Waals surface area contributed by atoms with Crippen LogP contribution in [0.5, 0.6) is 0 Å². The molecule has 0 aromatic carbocycles. The molecule has 0 spiro atoms. The first-order chi connectivity index (χ1) is 10.5. The van der Waals surface area contributed by atoms with E-state index in [1.165, 1.54) is 5.56 Å². The number of likely N-dealkylation sites (tertiary alicyclic amines) is 1. The fourth-order valence-electron chi connectivity index (χ4n) is 2.82. The van der Waals surface area contributed by atoms with E-state index in [1.807, 2.05) is 6.20 Å². The minimum atomic E-state index is 0.102. The Morgan fingerprint density at radius 1 is 1.50 bits per heavy atom. The van der Waals surface area contributed by atoms with E-state index < -0.39 is 0 Å². The number of hydrogen-bond acceptors (Lipinski definition) is 4. The maximum Gasteiger partial charge on any atom is 0.233 e. The number of aryl methyl sites for hydroxylation is 1. The molecule has 1 fully saturated rings. The van der Waals surface area contributed by atoms with Gasteiger partial charge in [0.05, 0.1) is 6.54 Å². The van der Waals surface area contributed by atoms with Crippen molar-refractivity contribution in [3.63, 3.8) is 0 Å². The SMILES string of the molecule is CNC(=O)CN1CCC(CN(C)c2cc(C)c(Br)cn2)CC1. The van der Waals surface area contributed by atoms with E-state index in [9.17, 15) is 4.79 Å². The van der Waals surface area contributed by atoms with Crippen molar-refractivity contribution in [1.29, 1.82) is 0 Å². The standard InChI is InChI=1S/C16H25BrN4O/c1-12-8-15(19-9-14(12)17)20(3)10-13-4-6-21(7-5-13)11-16(22)18-2/h8-9,13H,4-7,10-11H2,1-3H3,(H,18,22). The van der Waals surface area contributed by atoms with Gasteiger partial charge in [0.1, 0.15) is 5.82 Å².